The number of hydrogen-bond acceptors (Lipinski definition) is 2. The van der Waals surface area contributed by atoms with Gasteiger partial charge in [0.2, 0.25) is 0 Å². The second kappa shape index (κ2) is 5.15. The van der Waals surface area contributed by atoms with E-state index in [0.29, 0.717) is 10.7 Å². The highest BCUT2D eigenvalue weighted by molar-refractivity contribution is 6.30. The maximum atomic E-state index is 13.1. The molecule has 2 rings (SSSR count). The summed E-state index contributed by atoms with van der Waals surface area (Å²) in [7, 11) is 0. The molecule has 1 aromatic heterocycles. The van der Waals surface area contributed by atoms with Gasteiger partial charge < -0.3 is 5.32 Å². The molecule has 1 heterocycles. The van der Waals surface area contributed by atoms with Crippen molar-refractivity contribution >= 4 is 17.3 Å². The van der Waals surface area contributed by atoms with Crippen molar-refractivity contribution in [3.05, 3.63) is 59.1 Å². The number of nitrogens with zero attached hydrogens (tertiary/aromatic N) is 1. The second-order valence-corrected chi connectivity index (χ2v) is 4.24. The number of aromatic nitrogens is 1. The summed E-state index contributed by atoms with van der Waals surface area (Å²) in [6.07, 6.45) is 3.46. The highest BCUT2D eigenvalue weighted by Gasteiger charge is 2.06. The van der Waals surface area contributed by atoms with Crippen LogP contribution in [0.4, 0.5) is 10.1 Å². The molecule has 4 heteroatoms. The molecule has 2 aromatic rings. The van der Waals surface area contributed by atoms with Crippen LogP contribution in [0.15, 0.2) is 42.7 Å². The summed E-state index contributed by atoms with van der Waals surface area (Å²) in [5, 5.41) is 3.57. The van der Waals surface area contributed by atoms with Gasteiger partial charge in [-0.3, -0.25) is 4.98 Å². The maximum Gasteiger partial charge on any atom is 0.126 e. The van der Waals surface area contributed by atoms with Crippen molar-refractivity contribution in [1.29, 1.82) is 0 Å². The lowest BCUT2D eigenvalue weighted by Gasteiger charge is -2.15. The predicted octanol–water partition coefficient (Wildman–Crippen LogP) is 4.05. The Morgan fingerprint density at radius 2 is 1.94 bits per heavy atom. The molecule has 0 radical (unpaired) electrons. The summed E-state index contributed by atoms with van der Waals surface area (Å²) in [5.41, 5.74) is 1.75. The van der Waals surface area contributed by atoms with Crippen molar-refractivity contribution in [1.82, 2.24) is 4.98 Å². The lowest BCUT2D eigenvalue weighted by molar-refractivity contribution is 0.628. The average molecular weight is 251 g/mol. The van der Waals surface area contributed by atoms with E-state index in [1.807, 2.05) is 19.1 Å². The largest absolute Gasteiger partial charge is 0.378 e. The molecule has 1 N–H and O–H groups in total. The summed E-state index contributed by atoms with van der Waals surface area (Å²) in [5.74, 6) is -0.345. The Labute approximate surface area is 104 Å². The highest BCUT2D eigenvalue weighted by atomic mass is 35.5. The molecule has 2 nitrogen and oxygen atoms in total. The number of nitrogens with one attached hydrogen (secondary N) is 1. The molecule has 0 aliphatic heterocycles. The fraction of sp³-hybridized carbons (Fsp3) is 0.154. The van der Waals surface area contributed by atoms with Gasteiger partial charge in [-0.05, 0) is 42.8 Å². The van der Waals surface area contributed by atoms with Gasteiger partial charge in [-0.15, -0.1) is 0 Å². The van der Waals surface area contributed by atoms with E-state index in [-0.39, 0.29) is 11.9 Å². The van der Waals surface area contributed by atoms with Crippen molar-refractivity contribution in [2.75, 3.05) is 5.32 Å². The number of hydrogen-bond donors (Lipinski definition) is 1. The molecule has 0 aliphatic rings. The summed E-state index contributed by atoms with van der Waals surface area (Å²) in [6.45, 7) is 1.99. The van der Waals surface area contributed by atoms with Crippen LogP contribution >= 0.6 is 11.6 Å². The smallest absolute Gasteiger partial charge is 0.126 e. The molecule has 1 atom stereocenters. The first kappa shape index (κ1) is 11.9. The summed E-state index contributed by atoms with van der Waals surface area (Å²) >= 11 is 5.79. The lowest BCUT2D eigenvalue weighted by atomic mass is 10.1. The Morgan fingerprint density at radius 3 is 2.59 bits per heavy atom. The van der Waals surface area contributed by atoms with E-state index in [9.17, 15) is 4.39 Å². The van der Waals surface area contributed by atoms with Gasteiger partial charge >= 0.3 is 0 Å². The van der Waals surface area contributed by atoms with Crippen LogP contribution in [0.5, 0.6) is 0 Å². The molecule has 1 unspecified atom stereocenters. The van der Waals surface area contributed by atoms with Gasteiger partial charge in [-0.2, -0.15) is 0 Å². The molecule has 0 fully saturated rings. The lowest BCUT2D eigenvalue weighted by Crippen LogP contribution is -2.06. The zero-order valence-corrected chi connectivity index (χ0v) is 10.1. The van der Waals surface area contributed by atoms with Crippen LogP contribution in [0.3, 0.4) is 0 Å². The van der Waals surface area contributed by atoms with Gasteiger partial charge in [0, 0.05) is 29.1 Å². The van der Waals surface area contributed by atoms with E-state index >= 15 is 0 Å². The van der Waals surface area contributed by atoms with Crippen LogP contribution in [-0.2, 0) is 0 Å². The van der Waals surface area contributed by atoms with Crippen LogP contribution in [0.2, 0.25) is 5.02 Å². The van der Waals surface area contributed by atoms with Gasteiger partial charge in [0.05, 0.1) is 0 Å². The van der Waals surface area contributed by atoms with Crippen molar-refractivity contribution in [3.63, 3.8) is 0 Å². The molecule has 0 aliphatic carbocycles. The molecule has 0 spiro atoms. The first-order valence-electron chi connectivity index (χ1n) is 5.28. The summed E-state index contributed by atoms with van der Waals surface area (Å²) in [4.78, 5) is 3.95. The van der Waals surface area contributed by atoms with Crippen molar-refractivity contribution in [2.45, 2.75) is 13.0 Å². The molecular formula is C13H12ClFN2. The topological polar surface area (TPSA) is 24.9 Å². The number of benzene rings is 1. The van der Waals surface area contributed by atoms with Gasteiger partial charge in [0.1, 0.15) is 5.82 Å². The number of rotatable bonds is 3. The SMILES string of the molecule is CC(Nc1cc(F)cc(Cl)c1)c1ccncc1. The fourth-order valence-corrected chi connectivity index (χ4v) is 1.84. The third-order valence-electron chi connectivity index (χ3n) is 2.45. The molecule has 0 bridgehead atoms. The zero-order valence-electron chi connectivity index (χ0n) is 9.32. The Balaban J connectivity index is 2.16. The average Bonchev–Trinajstić information content (AvgIpc) is 2.28. The Morgan fingerprint density at radius 1 is 1.24 bits per heavy atom. The minimum atomic E-state index is -0.345. The van der Waals surface area contributed by atoms with Crippen molar-refractivity contribution < 1.29 is 4.39 Å². The van der Waals surface area contributed by atoms with E-state index < -0.39 is 0 Å². The molecule has 17 heavy (non-hydrogen) atoms. The highest BCUT2D eigenvalue weighted by Crippen LogP contribution is 2.22. The third kappa shape index (κ3) is 3.17. The number of anilines is 1. The maximum absolute atomic E-state index is 13.1. The van der Waals surface area contributed by atoms with E-state index in [1.165, 1.54) is 12.1 Å². The van der Waals surface area contributed by atoms with Gasteiger partial charge in [-0.25, -0.2) is 4.39 Å². The predicted molar refractivity (Wildman–Crippen MR) is 67.7 cm³/mol. The van der Waals surface area contributed by atoms with Gasteiger partial charge in [-0.1, -0.05) is 11.6 Å². The van der Waals surface area contributed by atoms with Crippen molar-refractivity contribution in [2.24, 2.45) is 0 Å². The van der Waals surface area contributed by atoms with E-state index in [4.69, 9.17) is 11.6 Å². The Hall–Kier alpha value is -1.61. The molecule has 0 amide bonds. The van der Waals surface area contributed by atoms with Crippen LogP contribution in [-0.4, -0.2) is 4.98 Å². The molecule has 0 saturated heterocycles. The quantitative estimate of drug-likeness (QED) is 0.889. The second-order valence-electron chi connectivity index (χ2n) is 3.80. The van der Waals surface area contributed by atoms with Crippen molar-refractivity contribution in [3.8, 4) is 0 Å². The molecule has 88 valence electrons. The molecular weight excluding hydrogens is 239 g/mol. The number of halogens is 2. The van der Waals surface area contributed by atoms with E-state index in [1.54, 1.807) is 18.5 Å². The third-order valence-corrected chi connectivity index (χ3v) is 2.67. The first-order valence-corrected chi connectivity index (χ1v) is 5.65. The van der Waals surface area contributed by atoms with Gasteiger partial charge in [0.15, 0.2) is 0 Å². The standard InChI is InChI=1S/C13H12ClFN2/c1-9(10-2-4-16-5-3-10)17-13-7-11(14)6-12(15)8-13/h2-9,17H,1H3. The zero-order chi connectivity index (χ0) is 12.3. The minimum absolute atomic E-state index is 0.0656. The minimum Gasteiger partial charge on any atom is -0.378 e. The van der Waals surface area contributed by atoms with Crippen LogP contribution in [0.25, 0.3) is 0 Å². The summed E-state index contributed by atoms with van der Waals surface area (Å²) in [6, 6.07) is 8.29. The van der Waals surface area contributed by atoms with Gasteiger partial charge in [0.25, 0.3) is 0 Å². The fourth-order valence-electron chi connectivity index (χ4n) is 1.62. The number of pyridine rings is 1. The molecule has 0 saturated carbocycles. The molecule has 1 aromatic carbocycles. The van der Waals surface area contributed by atoms with E-state index in [0.717, 1.165) is 5.56 Å². The van der Waals surface area contributed by atoms with Crippen LogP contribution in [0, 0.1) is 5.82 Å². The Bertz CT molecular complexity index is 482. The first-order chi connectivity index (χ1) is 8.15. The van der Waals surface area contributed by atoms with Crippen LogP contribution in [0.1, 0.15) is 18.5 Å². The normalized spacial score (nSPS) is 12.2. The van der Waals surface area contributed by atoms with Crippen LogP contribution < -0.4 is 5.32 Å². The summed E-state index contributed by atoms with van der Waals surface area (Å²) < 4.78 is 13.1. The monoisotopic (exact) mass is 250 g/mol. The van der Waals surface area contributed by atoms with E-state index in [2.05, 4.69) is 10.3 Å². The Kier molecular flexibility index (Phi) is 3.59.